The fourth-order valence-corrected chi connectivity index (χ4v) is 0.839. The molecule has 0 aliphatic carbocycles. The summed E-state index contributed by atoms with van der Waals surface area (Å²) < 4.78 is 77.8. The van der Waals surface area contributed by atoms with Gasteiger partial charge in [-0.15, -0.1) is 0 Å². The molecule has 0 spiro atoms. The van der Waals surface area contributed by atoms with E-state index in [1.165, 1.54) is 0 Å². The molecule has 10 heteroatoms. The standard InChI is InChI=1S/C10H10F6O4/c1-6(8(18)20-5-10(14,15)16)2-3-7(17)19-4-9(11,12)13/h1-5H2. The molecule has 0 saturated heterocycles. The van der Waals surface area contributed by atoms with Crippen LogP contribution in [0.15, 0.2) is 12.2 Å². The highest BCUT2D eigenvalue weighted by Crippen LogP contribution is 2.17. The van der Waals surface area contributed by atoms with Gasteiger partial charge >= 0.3 is 24.3 Å². The van der Waals surface area contributed by atoms with Crippen LogP contribution in [0.2, 0.25) is 0 Å². The van der Waals surface area contributed by atoms with Crippen molar-refractivity contribution in [3.63, 3.8) is 0 Å². The number of hydrogen-bond donors (Lipinski definition) is 0. The molecule has 0 aromatic heterocycles. The zero-order valence-electron chi connectivity index (χ0n) is 9.94. The fourth-order valence-electron chi connectivity index (χ4n) is 0.839. The second kappa shape index (κ2) is 7.15. The molecule has 0 bridgehead atoms. The Morgan fingerprint density at radius 3 is 1.75 bits per heavy atom. The summed E-state index contributed by atoms with van der Waals surface area (Å²) >= 11 is 0. The molecule has 4 nitrogen and oxygen atoms in total. The number of alkyl halides is 6. The summed E-state index contributed by atoms with van der Waals surface area (Å²) in [5.74, 6) is -2.64. The predicted molar refractivity (Wildman–Crippen MR) is 52.4 cm³/mol. The normalized spacial score (nSPS) is 11.9. The Bertz CT molecular complexity index is 371. The van der Waals surface area contributed by atoms with Gasteiger partial charge in [0.25, 0.3) is 0 Å². The zero-order chi connectivity index (χ0) is 16.0. The molecular weight excluding hydrogens is 298 g/mol. The zero-order valence-corrected chi connectivity index (χ0v) is 9.94. The third-order valence-electron chi connectivity index (χ3n) is 1.68. The molecule has 0 aromatic rings. The van der Waals surface area contributed by atoms with E-state index in [0.717, 1.165) is 0 Å². The van der Waals surface area contributed by atoms with Gasteiger partial charge in [0.2, 0.25) is 0 Å². The number of carbonyl (C=O) groups is 2. The molecule has 0 fully saturated rings. The van der Waals surface area contributed by atoms with Gasteiger partial charge in [-0.1, -0.05) is 6.58 Å². The lowest BCUT2D eigenvalue weighted by Crippen LogP contribution is -2.22. The summed E-state index contributed by atoms with van der Waals surface area (Å²) in [6, 6.07) is 0. The summed E-state index contributed by atoms with van der Waals surface area (Å²) in [5, 5.41) is 0. The van der Waals surface area contributed by atoms with Crippen molar-refractivity contribution in [1.82, 2.24) is 0 Å². The lowest BCUT2D eigenvalue weighted by Gasteiger charge is -2.10. The quantitative estimate of drug-likeness (QED) is 0.430. The van der Waals surface area contributed by atoms with Crippen molar-refractivity contribution in [2.24, 2.45) is 0 Å². The Labute approximate surface area is 109 Å². The maximum Gasteiger partial charge on any atom is 0.422 e. The highest BCUT2D eigenvalue weighted by molar-refractivity contribution is 5.88. The van der Waals surface area contributed by atoms with Gasteiger partial charge in [-0.3, -0.25) is 4.79 Å². The van der Waals surface area contributed by atoms with E-state index in [9.17, 15) is 35.9 Å². The van der Waals surface area contributed by atoms with Crippen LogP contribution in [0, 0.1) is 0 Å². The lowest BCUT2D eigenvalue weighted by molar-refractivity contribution is -0.186. The van der Waals surface area contributed by atoms with Crippen LogP contribution in [0.3, 0.4) is 0 Å². The number of ether oxygens (including phenoxy) is 2. The lowest BCUT2D eigenvalue weighted by atomic mass is 10.2. The molecule has 0 aliphatic heterocycles. The predicted octanol–water partition coefficient (Wildman–Crippen LogP) is 2.53. The minimum absolute atomic E-state index is 0.465. The molecular formula is C10H10F6O4. The molecule has 0 unspecified atom stereocenters. The summed E-state index contributed by atoms with van der Waals surface area (Å²) in [4.78, 5) is 21.8. The minimum Gasteiger partial charge on any atom is -0.456 e. The van der Waals surface area contributed by atoms with E-state index in [4.69, 9.17) is 0 Å². The molecule has 116 valence electrons. The maximum absolute atomic E-state index is 11.7. The van der Waals surface area contributed by atoms with Gasteiger partial charge in [0.05, 0.1) is 0 Å². The molecule has 0 radical (unpaired) electrons. The summed E-state index contributed by atoms with van der Waals surface area (Å²) in [6.45, 7) is -0.533. The molecule has 0 saturated carbocycles. The summed E-state index contributed by atoms with van der Waals surface area (Å²) in [6.07, 6.45) is -10.5. The molecule has 0 rings (SSSR count). The van der Waals surface area contributed by atoms with E-state index < -0.39 is 55.9 Å². The van der Waals surface area contributed by atoms with E-state index in [-0.39, 0.29) is 0 Å². The average Bonchev–Trinajstić information content (AvgIpc) is 2.28. The SMILES string of the molecule is C=C(CCC(=O)OCC(F)(F)F)C(=O)OCC(F)(F)F. The van der Waals surface area contributed by atoms with Gasteiger partial charge in [-0.25, -0.2) is 4.79 Å². The molecule has 0 amide bonds. The molecule has 0 aromatic carbocycles. The van der Waals surface area contributed by atoms with E-state index in [1.54, 1.807) is 0 Å². The molecule has 20 heavy (non-hydrogen) atoms. The molecule has 0 heterocycles. The first kappa shape index (κ1) is 18.3. The number of hydrogen-bond acceptors (Lipinski definition) is 4. The number of carbonyl (C=O) groups excluding carboxylic acids is 2. The third-order valence-corrected chi connectivity index (χ3v) is 1.68. The monoisotopic (exact) mass is 308 g/mol. The van der Waals surface area contributed by atoms with E-state index in [0.29, 0.717) is 0 Å². The van der Waals surface area contributed by atoms with Gasteiger partial charge in [-0.05, 0) is 6.42 Å². The summed E-state index contributed by atoms with van der Waals surface area (Å²) in [7, 11) is 0. The van der Waals surface area contributed by atoms with Crippen molar-refractivity contribution in [3.05, 3.63) is 12.2 Å². The molecule has 0 N–H and O–H groups in total. The van der Waals surface area contributed by atoms with Crippen LogP contribution < -0.4 is 0 Å². The highest BCUT2D eigenvalue weighted by Gasteiger charge is 2.31. The van der Waals surface area contributed by atoms with E-state index in [2.05, 4.69) is 16.1 Å². The van der Waals surface area contributed by atoms with Gasteiger partial charge in [0.1, 0.15) is 0 Å². The van der Waals surface area contributed by atoms with Gasteiger partial charge in [0, 0.05) is 12.0 Å². The Hall–Kier alpha value is -1.74. The Morgan fingerprint density at radius 2 is 1.30 bits per heavy atom. The molecule has 0 atom stereocenters. The van der Waals surface area contributed by atoms with Crippen LogP contribution >= 0.6 is 0 Å². The topological polar surface area (TPSA) is 52.6 Å². The van der Waals surface area contributed by atoms with Crippen molar-refractivity contribution < 1.29 is 45.4 Å². The average molecular weight is 308 g/mol. The van der Waals surface area contributed by atoms with Crippen molar-refractivity contribution in [2.75, 3.05) is 13.2 Å². The smallest absolute Gasteiger partial charge is 0.422 e. The number of esters is 2. The van der Waals surface area contributed by atoms with Gasteiger partial charge in [-0.2, -0.15) is 26.3 Å². The first-order chi connectivity index (χ1) is 8.91. The highest BCUT2D eigenvalue weighted by atomic mass is 19.4. The van der Waals surface area contributed by atoms with Crippen LogP contribution in [0.25, 0.3) is 0 Å². The van der Waals surface area contributed by atoms with Gasteiger partial charge < -0.3 is 9.47 Å². The van der Waals surface area contributed by atoms with Crippen molar-refractivity contribution in [1.29, 1.82) is 0 Å². The Morgan fingerprint density at radius 1 is 0.850 bits per heavy atom. The fraction of sp³-hybridized carbons (Fsp3) is 0.600. The number of halogens is 6. The Balaban J connectivity index is 3.98. The Kier molecular flexibility index (Phi) is 6.53. The summed E-state index contributed by atoms with van der Waals surface area (Å²) in [5.41, 5.74) is -0.474. The van der Waals surface area contributed by atoms with Crippen molar-refractivity contribution in [3.8, 4) is 0 Å². The second-order valence-corrected chi connectivity index (χ2v) is 3.57. The van der Waals surface area contributed by atoms with Crippen LogP contribution in [0.5, 0.6) is 0 Å². The van der Waals surface area contributed by atoms with Gasteiger partial charge in [0.15, 0.2) is 13.2 Å². The first-order valence-electron chi connectivity index (χ1n) is 5.05. The van der Waals surface area contributed by atoms with Crippen LogP contribution in [0.4, 0.5) is 26.3 Å². The largest absolute Gasteiger partial charge is 0.456 e. The van der Waals surface area contributed by atoms with E-state index >= 15 is 0 Å². The minimum atomic E-state index is -4.71. The third kappa shape index (κ3) is 10.2. The molecule has 0 aliphatic rings. The van der Waals surface area contributed by atoms with Crippen LogP contribution in [0.1, 0.15) is 12.8 Å². The van der Waals surface area contributed by atoms with Crippen molar-refractivity contribution in [2.45, 2.75) is 25.2 Å². The first-order valence-corrected chi connectivity index (χ1v) is 5.05. The number of rotatable bonds is 6. The van der Waals surface area contributed by atoms with Crippen LogP contribution in [-0.2, 0) is 19.1 Å². The van der Waals surface area contributed by atoms with Crippen molar-refractivity contribution >= 4 is 11.9 Å². The van der Waals surface area contributed by atoms with Crippen LogP contribution in [-0.4, -0.2) is 37.5 Å². The van der Waals surface area contributed by atoms with E-state index in [1.807, 2.05) is 0 Å². The second-order valence-electron chi connectivity index (χ2n) is 3.57. The maximum atomic E-state index is 11.7.